The highest BCUT2D eigenvalue weighted by molar-refractivity contribution is 5.48. The van der Waals surface area contributed by atoms with E-state index in [1.54, 1.807) is 0 Å². The molecule has 22 heavy (non-hydrogen) atoms. The van der Waals surface area contributed by atoms with E-state index in [-0.39, 0.29) is 5.54 Å². The molecule has 0 amide bonds. The molecule has 4 heteroatoms. The van der Waals surface area contributed by atoms with Gasteiger partial charge in [0.2, 0.25) is 0 Å². The summed E-state index contributed by atoms with van der Waals surface area (Å²) in [6, 6.07) is 9.24. The Morgan fingerprint density at radius 3 is 2.00 bits per heavy atom. The Kier molecular flexibility index (Phi) is 5.01. The van der Waals surface area contributed by atoms with E-state index in [0.717, 1.165) is 58.8 Å². The molecule has 0 unspecified atom stereocenters. The van der Waals surface area contributed by atoms with Crippen LogP contribution in [0.5, 0.6) is 0 Å². The third kappa shape index (κ3) is 3.80. The van der Waals surface area contributed by atoms with Gasteiger partial charge in [-0.3, -0.25) is 4.90 Å². The Balaban J connectivity index is 1.62. The van der Waals surface area contributed by atoms with E-state index in [4.69, 9.17) is 0 Å². The van der Waals surface area contributed by atoms with Gasteiger partial charge < -0.3 is 15.5 Å². The highest BCUT2D eigenvalue weighted by Crippen LogP contribution is 2.23. The summed E-state index contributed by atoms with van der Waals surface area (Å²) in [7, 11) is 0. The summed E-state index contributed by atoms with van der Waals surface area (Å²) < 4.78 is 0. The predicted molar refractivity (Wildman–Crippen MR) is 93.8 cm³/mol. The van der Waals surface area contributed by atoms with Crippen LogP contribution in [-0.4, -0.2) is 62.8 Å². The zero-order valence-corrected chi connectivity index (χ0v) is 14.1. The molecular formula is C18H30N4. The van der Waals surface area contributed by atoms with Crippen LogP contribution in [0.3, 0.4) is 0 Å². The van der Waals surface area contributed by atoms with Gasteiger partial charge in [0.1, 0.15) is 0 Å². The number of nitrogens with one attached hydrogen (secondary N) is 2. The summed E-state index contributed by atoms with van der Waals surface area (Å²) in [6.45, 7) is 13.7. The number of benzene rings is 1. The van der Waals surface area contributed by atoms with E-state index in [0.29, 0.717) is 0 Å². The van der Waals surface area contributed by atoms with Crippen molar-refractivity contribution >= 4 is 5.69 Å². The molecule has 2 N–H and O–H groups in total. The third-order valence-corrected chi connectivity index (χ3v) is 5.03. The van der Waals surface area contributed by atoms with Crippen molar-refractivity contribution in [2.24, 2.45) is 0 Å². The van der Waals surface area contributed by atoms with Gasteiger partial charge >= 0.3 is 0 Å². The highest BCUT2D eigenvalue weighted by atomic mass is 15.2. The molecule has 1 aromatic carbocycles. The molecule has 1 aromatic rings. The molecule has 4 nitrogen and oxygen atoms in total. The van der Waals surface area contributed by atoms with Crippen molar-refractivity contribution in [3.8, 4) is 0 Å². The Hall–Kier alpha value is -1.10. The van der Waals surface area contributed by atoms with Crippen molar-refractivity contribution in [2.45, 2.75) is 25.8 Å². The van der Waals surface area contributed by atoms with Crippen LogP contribution in [0.4, 0.5) is 5.69 Å². The van der Waals surface area contributed by atoms with Crippen molar-refractivity contribution in [1.82, 2.24) is 15.5 Å². The minimum absolute atomic E-state index is 0.235. The van der Waals surface area contributed by atoms with Gasteiger partial charge in [-0.05, 0) is 38.0 Å². The molecule has 0 spiro atoms. The number of rotatable bonds is 4. The SMILES string of the molecule is CC(C)(Cc1ccc(N2CCNCC2)cc1)N1CCNCC1. The normalized spacial score (nSPS) is 21.1. The molecule has 3 rings (SSSR count). The smallest absolute Gasteiger partial charge is 0.0367 e. The minimum Gasteiger partial charge on any atom is -0.369 e. The lowest BCUT2D eigenvalue weighted by molar-refractivity contribution is 0.104. The number of hydrogen-bond donors (Lipinski definition) is 2. The van der Waals surface area contributed by atoms with E-state index in [1.807, 2.05) is 0 Å². The molecule has 122 valence electrons. The monoisotopic (exact) mass is 302 g/mol. The van der Waals surface area contributed by atoms with Gasteiger partial charge in [0.05, 0.1) is 0 Å². The van der Waals surface area contributed by atoms with Crippen LogP contribution >= 0.6 is 0 Å². The third-order valence-electron chi connectivity index (χ3n) is 5.03. The first-order chi connectivity index (χ1) is 10.6. The maximum Gasteiger partial charge on any atom is 0.0367 e. The Labute approximate surface area is 134 Å². The van der Waals surface area contributed by atoms with E-state index in [1.165, 1.54) is 11.3 Å². The Morgan fingerprint density at radius 2 is 1.41 bits per heavy atom. The van der Waals surface area contributed by atoms with Crippen LogP contribution in [0.2, 0.25) is 0 Å². The van der Waals surface area contributed by atoms with Crippen LogP contribution in [0.15, 0.2) is 24.3 Å². The first kappa shape index (κ1) is 15.8. The van der Waals surface area contributed by atoms with Crippen LogP contribution in [0, 0.1) is 0 Å². The molecule has 0 aliphatic carbocycles. The number of hydrogen-bond acceptors (Lipinski definition) is 4. The van der Waals surface area contributed by atoms with Gasteiger partial charge in [-0.2, -0.15) is 0 Å². The topological polar surface area (TPSA) is 30.5 Å². The first-order valence-corrected chi connectivity index (χ1v) is 8.65. The molecule has 0 radical (unpaired) electrons. The van der Waals surface area contributed by atoms with E-state index < -0.39 is 0 Å². The fourth-order valence-corrected chi connectivity index (χ4v) is 3.63. The summed E-state index contributed by atoms with van der Waals surface area (Å²) in [5.74, 6) is 0. The lowest BCUT2D eigenvalue weighted by atomic mass is 9.92. The standard InChI is InChI=1S/C18H30N4/c1-18(2,22-13-9-20-10-14-22)15-16-3-5-17(6-4-16)21-11-7-19-8-12-21/h3-6,19-20H,7-15H2,1-2H3. The predicted octanol–water partition coefficient (Wildman–Crippen LogP) is 1.32. The second kappa shape index (κ2) is 6.99. The van der Waals surface area contributed by atoms with Crippen molar-refractivity contribution in [2.75, 3.05) is 57.3 Å². The van der Waals surface area contributed by atoms with E-state index in [2.05, 4.69) is 58.5 Å². The molecular weight excluding hydrogens is 272 g/mol. The molecule has 0 atom stereocenters. The van der Waals surface area contributed by atoms with E-state index >= 15 is 0 Å². The largest absolute Gasteiger partial charge is 0.369 e. The van der Waals surface area contributed by atoms with Gasteiger partial charge in [-0.25, -0.2) is 0 Å². The minimum atomic E-state index is 0.235. The van der Waals surface area contributed by atoms with Gasteiger partial charge in [0.15, 0.2) is 0 Å². The second-order valence-corrected chi connectivity index (χ2v) is 7.13. The van der Waals surface area contributed by atoms with Gasteiger partial charge in [0.25, 0.3) is 0 Å². The average Bonchev–Trinajstić information content (AvgIpc) is 2.57. The summed E-state index contributed by atoms with van der Waals surface area (Å²) in [5.41, 5.74) is 3.05. The fourth-order valence-electron chi connectivity index (χ4n) is 3.63. The fraction of sp³-hybridized carbons (Fsp3) is 0.667. The maximum atomic E-state index is 3.44. The van der Waals surface area contributed by atoms with Gasteiger partial charge in [-0.15, -0.1) is 0 Å². The molecule has 0 saturated carbocycles. The summed E-state index contributed by atoms with van der Waals surface area (Å²) in [6.07, 6.45) is 1.12. The first-order valence-electron chi connectivity index (χ1n) is 8.65. The molecule has 0 bridgehead atoms. The van der Waals surface area contributed by atoms with Gasteiger partial charge in [0, 0.05) is 63.6 Å². The van der Waals surface area contributed by atoms with E-state index in [9.17, 15) is 0 Å². The van der Waals surface area contributed by atoms with Crippen LogP contribution < -0.4 is 15.5 Å². The van der Waals surface area contributed by atoms with Crippen molar-refractivity contribution in [1.29, 1.82) is 0 Å². The maximum absolute atomic E-state index is 3.44. The molecule has 0 aromatic heterocycles. The van der Waals surface area contributed by atoms with Crippen molar-refractivity contribution in [3.05, 3.63) is 29.8 Å². The summed E-state index contributed by atoms with van der Waals surface area (Å²) in [4.78, 5) is 5.09. The number of piperazine rings is 2. The zero-order valence-electron chi connectivity index (χ0n) is 14.1. The second-order valence-electron chi connectivity index (χ2n) is 7.13. The summed E-state index contributed by atoms with van der Waals surface area (Å²) in [5, 5.41) is 6.85. The van der Waals surface area contributed by atoms with Crippen LogP contribution in [-0.2, 0) is 6.42 Å². The number of anilines is 1. The molecule has 2 fully saturated rings. The Bertz CT molecular complexity index is 456. The van der Waals surface area contributed by atoms with Gasteiger partial charge in [-0.1, -0.05) is 12.1 Å². The van der Waals surface area contributed by atoms with Crippen molar-refractivity contribution in [3.63, 3.8) is 0 Å². The quantitative estimate of drug-likeness (QED) is 0.878. The Morgan fingerprint density at radius 1 is 0.864 bits per heavy atom. The van der Waals surface area contributed by atoms with Crippen LogP contribution in [0.1, 0.15) is 19.4 Å². The molecule has 2 heterocycles. The molecule has 2 aliphatic heterocycles. The lowest BCUT2D eigenvalue weighted by Crippen LogP contribution is -2.54. The number of nitrogens with zero attached hydrogens (tertiary/aromatic N) is 2. The highest BCUT2D eigenvalue weighted by Gasteiger charge is 2.27. The lowest BCUT2D eigenvalue weighted by Gasteiger charge is -2.41. The zero-order chi connectivity index (χ0) is 15.4. The van der Waals surface area contributed by atoms with Crippen molar-refractivity contribution < 1.29 is 0 Å². The summed E-state index contributed by atoms with van der Waals surface area (Å²) >= 11 is 0. The molecule has 2 aliphatic rings. The molecule has 2 saturated heterocycles. The van der Waals surface area contributed by atoms with Crippen LogP contribution in [0.25, 0.3) is 0 Å². The average molecular weight is 302 g/mol.